The average Bonchev–Trinajstić information content (AvgIpc) is 2.49. The van der Waals surface area contributed by atoms with E-state index in [0.717, 1.165) is 22.9 Å². The lowest BCUT2D eigenvalue weighted by atomic mass is 10.2. The molecule has 0 fully saturated rings. The van der Waals surface area contributed by atoms with Crippen molar-refractivity contribution in [3.8, 4) is 0 Å². The number of aromatic nitrogens is 2. The zero-order valence-electron chi connectivity index (χ0n) is 6.75. The number of hydrogen-bond acceptors (Lipinski definition) is 2. The molecule has 0 aliphatic heterocycles. The smallest absolute Gasteiger partial charge is 0.125 e. The van der Waals surface area contributed by atoms with Gasteiger partial charge in [0.2, 0.25) is 0 Å². The van der Waals surface area contributed by atoms with Crippen LogP contribution in [-0.4, -0.2) is 16.5 Å². The highest BCUT2D eigenvalue weighted by atomic mass is 35.5. The van der Waals surface area contributed by atoms with Crippen LogP contribution in [-0.2, 0) is 11.2 Å². The molecule has 3 nitrogen and oxygen atoms in total. The summed E-state index contributed by atoms with van der Waals surface area (Å²) in [6.07, 6.45) is 1.21. The number of aromatic amines is 1. The number of H-pyrrole nitrogens is 1. The van der Waals surface area contributed by atoms with E-state index in [9.17, 15) is 4.79 Å². The Morgan fingerprint density at radius 1 is 1.54 bits per heavy atom. The summed E-state index contributed by atoms with van der Waals surface area (Å²) in [5.41, 5.74) is 1.63. The molecule has 0 aliphatic rings. The van der Waals surface area contributed by atoms with Crippen LogP contribution in [0.3, 0.4) is 0 Å². The molecule has 2 aromatic rings. The van der Waals surface area contributed by atoms with Crippen molar-refractivity contribution in [2.24, 2.45) is 0 Å². The third kappa shape index (κ3) is 1.42. The third-order valence-electron chi connectivity index (χ3n) is 1.88. The number of hydrogen-bond donors (Lipinski definition) is 1. The standard InChI is InChI=1S/C9H7ClN2O/c10-6-1-2-7-8(3-4-13)11-12-9(7)5-6/h1-2,4-5H,3H2,(H,11,12). The fourth-order valence-corrected chi connectivity index (χ4v) is 1.45. The summed E-state index contributed by atoms with van der Waals surface area (Å²) in [5.74, 6) is 0. The van der Waals surface area contributed by atoms with E-state index in [0.29, 0.717) is 11.4 Å². The van der Waals surface area contributed by atoms with Crippen LogP contribution in [0.25, 0.3) is 10.9 Å². The van der Waals surface area contributed by atoms with Crippen LogP contribution >= 0.6 is 11.6 Å². The molecule has 4 heteroatoms. The van der Waals surface area contributed by atoms with Crippen molar-refractivity contribution < 1.29 is 4.79 Å². The minimum Gasteiger partial charge on any atom is -0.303 e. The van der Waals surface area contributed by atoms with Gasteiger partial charge < -0.3 is 4.79 Å². The fraction of sp³-hybridized carbons (Fsp3) is 0.111. The topological polar surface area (TPSA) is 45.8 Å². The van der Waals surface area contributed by atoms with E-state index < -0.39 is 0 Å². The molecule has 0 spiro atoms. The Morgan fingerprint density at radius 3 is 3.15 bits per heavy atom. The Morgan fingerprint density at radius 2 is 2.38 bits per heavy atom. The van der Waals surface area contributed by atoms with Gasteiger partial charge in [-0.1, -0.05) is 11.6 Å². The second-order valence-corrected chi connectivity index (χ2v) is 3.17. The number of aldehydes is 1. The van der Waals surface area contributed by atoms with E-state index in [-0.39, 0.29) is 0 Å². The molecular formula is C9H7ClN2O. The van der Waals surface area contributed by atoms with Crippen LogP contribution < -0.4 is 0 Å². The van der Waals surface area contributed by atoms with Crippen molar-refractivity contribution >= 4 is 28.8 Å². The van der Waals surface area contributed by atoms with Crippen LogP contribution in [0.2, 0.25) is 5.02 Å². The van der Waals surface area contributed by atoms with Gasteiger partial charge in [0.1, 0.15) is 6.29 Å². The lowest BCUT2D eigenvalue weighted by Gasteiger charge is -1.91. The zero-order valence-corrected chi connectivity index (χ0v) is 7.51. The summed E-state index contributed by atoms with van der Waals surface area (Å²) in [6.45, 7) is 0. The highest BCUT2D eigenvalue weighted by Gasteiger charge is 2.04. The summed E-state index contributed by atoms with van der Waals surface area (Å²) in [5, 5.41) is 8.44. The summed E-state index contributed by atoms with van der Waals surface area (Å²) in [7, 11) is 0. The summed E-state index contributed by atoms with van der Waals surface area (Å²) < 4.78 is 0. The zero-order chi connectivity index (χ0) is 9.26. The van der Waals surface area contributed by atoms with Crippen molar-refractivity contribution in [2.75, 3.05) is 0 Å². The van der Waals surface area contributed by atoms with Crippen LogP contribution in [0.15, 0.2) is 18.2 Å². The molecule has 0 amide bonds. The molecule has 66 valence electrons. The first-order valence-corrected chi connectivity index (χ1v) is 4.25. The number of benzene rings is 1. The Kier molecular flexibility index (Phi) is 2.02. The van der Waals surface area contributed by atoms with E-state index in [1.165, 1.54) is 0 Å². The molecule has 13 heavy (non-hydrogen) atoms. The van der Waals surface area contributed by atoms with Gasteiger partial charge in [-0.05, 0) is 18.2 Å². The van der Waals surface area contributed by atoms with Gasteiger partial charge >= 0.3 is 0 Å². The van der Waals surface area contributed by atoms with Crippen molar-refractivity contribution in [2.45, 2.75) is 6.42 Å². The fourth-order valence-electron chi connectivity index (χ4n) is 1.28. The molecule has 0 unspecified atom stereocenters. The molecule has 0 saturated heterocycles. The molecule has 0 aliphatic carbocycles. The van der Waals surface area contributed by atoms with Crippen molar-refractivity contribution in [3.05, 3.63) is 28.9 Å². The monoisotopic (exact) mass is 194 g/mol. The molecule has 0 saturated carbocycles. The van der Waals surface area contributed by atoms with Gasteiger partial charge in [0.15, 0.2) is 0 Å². The minimum absolute atomic E-state index is 0.359. The Bertz CT molecular complexity index is 450. The first kappa shape index (κ1) is 8.26. The minimum atomic E-state index is 0.359. The van der Waals surface area contributed by atoms with E-state index in [2.05, 4.69) is 10.2 Å². The highest BCUT2D eigenvalue weighted by Crippen LogP contribution is 2.19. The Labute approximate surface area is 79.7 Å². The van der Waals surface area contributed by atoms with E-state index in [1.54, 1.807) is 12.1 Å². The third-order valence-corrected chi connectivity index (χ3v) is 2.12. The van der Waals surface area contributed by atoms with Gasteiger partial charge in [0.25, 0.3) is 0 Å². The lowest BCUT2D eigenvalue weighted by Crippen LogP contribution is -1.85. The van der Waals surface area contributed by atoms with Crippen LogP contribution in [0.1, 0.15) is 5.69 Å². The number of nitrogens with one attached hydrogen (secondary N) is 1. The molecular weight excluding hydrogens is 188 g/mol. The number of fused-ring (bicyclic) bond motifs is 1. The predicted molar refractivity (Wildman–Crippen MR) is 50.9 cm³/mol. The molecule has 1 N–H and O–H groups in total. The quantitative estimate of drug-likeness (QED) is 0.743. The Balaban J connectivity index is 2.61. The van der Waals surface area contributed by atoms with Gasteiger partial charge in [-0.3, -0.25) is 5.10 Å². The highest BCUT2D eigenvalue weighted by molar-refractivity contribution is 6.31. The number of carbonyl (C=O) groups is 1. The lowest BCUT2D eigenvalue weighted by molar-refractivity contribution is -0.107. The van der Waals surface area contributed by atoms with Crippen LogP contribution in [0, 0.1) is 0 Å². The van der Waals surface area contributed by atoms with Gasteiger partial charge in [0, 0.05) is 16.8 Å². The van der Waals surface area contributed by atoms with Crippen molar-refractivity contribution in [3.63, 3.8) is 0 Å². The van der Waals surface area contributed by atoms with Gasteiger partial charge in [-0.25, -0.2) is 0 Å². The molecule has 1 aromatic heterocycles. The van der Waals surface area contributed by atoms with Gasteiger partial charge in [0.05, 0.1) is 11.2 Å². The van der Waals surface area contributed by atoms with Crippen molar-refractivity contribution in [1.29, 1.82) is 0 Å². The number of halogens is 1. The Hall–Kier alpha value is -1.35. The van der Waals surface area contributed by atoms with Crippen molar-refractivity contribution in [1.82, 2.24) is 10.2 Å². The summed E-state index contributed by atoms with van der Waals surface area (Å²) >= 11 is 5.78. The van der Waals surface area contributed by atoms with E-state index >= 15 is 0 Å². The number of rotatable bonds is 2. The average molecular weight is 195 g/mol. The van der Waals surface area contributed by atoms with E-state index in [4.69, 9.17) is 11.6 Å². The molecule has 0 bridgehead atoms. The molecule has 1 aromatic carbocycles. The second-order valence-electron chi connectivity index (χ2n) is 2.73. The molecule has 1 heterocycles. The summed E-state index contributed by atoms with van der Waals surface area (Å²) in [4.78, 5) is 10.3. The van der Waals surface area contributed by atoms with Gasteiger partial charge in [-0.15, -0.1) is 0 Å². The maximum absolute atomic E-state index is 10.3. The van der Waals surface area contributed by atoms with Gasteiger partial charge in [-0.2, -0.15) is 5.10 Å². The maximum atomic E-state index is 10.3. The van der Waals surface area contributed by atoms with E-state index in [1.807, 2.05) is 6.07 Å². The van der Waals surface area contributed by atoms with Crippen LogP contribution in [0.4, 0.5) is 0 Å². The maximum Gasteiger partial charge on any atom is 0.125 e. The first-order chi connectivity index (χ1) is 6.31. The molecule has 0 atom stereocenters. The molecule has 0 radical (unpaired) electrons. The second kappa shape index (κ2) is 3.18. The largest absolute Gasteiger partial charge is 0.303 e. The molecule has 2 rings (SSSR count). The SMILES string of the molecule is O=CCc1[nH]nc2cc(Cl)ccc12. The van der Waals surface area contributed by atoms with Crippen LogP contribution in [0.5, 0.6) is 0 Å². The predicted octanol–water partition coefficient (Wildman–Crippen LogP) is 1.96. The summed E-state index contributed by atoms with van der Waals surface area (Å²) in [6, 6.07) is 5.41. The number of carbonyl (C=O) groups excluding carboxylic acids is 1. The first-order valence-electron chi connectivity index (χ1n) is 3.87. The normalized spacial score (nSPS) is 10.5. The number of nitrogens with zero attached hydrogens (tertiary/aromatic N) is 1.